The molecule has 0 aliphatic carbocycles. The molecule has 0 spiro atoms. The van der Waals surface area contributed by atoms with Crippen molar-refractivity contribution in [2.75, 3.05) is 13.1 Å². The smallest absolute Gasteiger partial charge is 0.161 e. The Labute approximate surface area is 93.9 Å². The number of aromatic nitrogens is 4. The fourth-order valence-corrected chi connectivity index (χ4v) is 2.23. The van der Waals surface area contributed by atoms with Crippen LogP contribution in [0.5, 0.6) is 0 Å². The summed E-state index contributed by atoms with van der Waals surface area (Å²) in [6.07, 6.45) is 5.95. The summed E-state index contributed by atoms with van der Waals surface area (Å²) >= 11 is 0. The van der Waals surface area contributed by atoms with Crippen molar-refractivity contribution in [3.05, 3.63) is 18.2 Å². The van der Waals surface area contributed by atoms with Gasteiger partial charge in [0, 0.05) is 19.2 Å². The van der Waals surface area contributed by atoms with Crippen LogP contribution < -0.4 is 5.32 Å². The van der Waals surface area contributed by atoms with Crippen LogP contribution in [0.2, 0.25) is 0 Å². The van der Waals surface area contributed by atoms with E-state index in [1.807, 2.05) is 24.1 Å². The Kier molecular flexibility index (Phi) is 2.32. The van der Waals surface area contributed by atoms with Gasteiger partial charge >= 0.3 is 0 Å². The number of fused-ring (bicyclic) bond motifs is 1. The zero-order valence-corrected chi connectivity index (χ0v) is 9.35. The molecule has 84 valence electrons. The fourth-order valence-electron chi connectivity index (χ4n) is 2.23. The minimum Gasteiger partial charge on any atom is -0.317 e. The summed E-state index contributed by atoms with van der Waals surface area (Å²) in [4.78, 5) is 9.07. The molecular weight excluding hydrogens is 202 g/mol. The quantitative estimate of drug-likeness (QED) is 0.768. The third-order valence-electron chi connectivity index (χ3n) is 3.20. The van der Waals surface area contributed by atoms with Crippen molar-refractivity contribution in [3.63, 3.8) is 0 Å². The van der Waals surface area contributed by atoms with E-state index >= 15 is 0 Å². The van der Waals surface area contributed by atoms with Crippen LogP contribution in [0.4, 0.5) is 0 Å². The van der Waals surface area contributed by atoms with Crippen LogP contribution in [0.1, 0.15) is 24.6 Å². The SMILES string of the molecule is Cn1ncc2cnc(C3CCNCC3)nc21. The Morgan fingerprint density at radius 1 is 1.31 bits per heavy atom. The van der Waals surface area contributed by atoms with Crippen molar-refractivity contribution in [2.45, 2.75) is 18.8 Å². The van der Waals surface area contributed by atoms with E-state index in [4.69, 9.17) is 0 Å². The molecule has 2 aromatic heterocycles. The molecule has 0 radical (unpaired) electrons. The summed E-state index contributed by atoms with van der Waals surface area (Å²) in [5.74, 6) is 1.47. The maximum Gasteiger partial charge on any atom is 0.161 e. The van der Waals surface area contributed by atoms with Gasteiger partial charge in [-0.3, -0.25) is 4.68 Å². The van der Waals surface area contributed by atoms with E-state index in [9.17, 15) is 0 Å². The van der Waals surface area contributed by atoms with Gasteiger partial charge in [0.25, 0.3) is 0 Å². The monoisotopic (exact) mass is 217 g/mol. The number of nitrogens with one attached hydrogen (secondary N) is 1. The minimum absolute atomic E-state index is 0.501. The van der Waals surface area contributed by atoms with E-state index in [0.717, 1.165) is 42.8 Å². The van der Waals surface area contributed by atoms with Crippen molar-refractivity contribution in [1.82, 2.24) is 25.1 Å². The molecule has 2 aromatic rings. The normalized spacial score (nSPS) is 18.1. The van der Waals surface area contributed by atoms with E-state index in [-0.39, 0.29) is 0 Å². The lowest BCUT2D eigenvalue weighted by Crippen LogP contribution is -2.27. The summed E-state index contributed by atoms with van der Waals surface area (Å²) in [6, 6.07) is 0. The number of piperidine rings is 1. The Bertz CT molecular complexity index is 498. The molecule has 3 heterocycles. The second kappa shape index (κ2) is 3.83. The van der Waals surface area contributed by atoms with E-state index in [0.29, 0.717) is 5.92 Å². The Balaban J connectivity index is 1.99. The molecule has 0 unspecified atom stereocenters. The van der Waals surface area contributed by atoms with E-state index in [2.05, 4.69) is 20.4 Å². The van der Waals surface area contributed by atoms with Crippen LogP contribution in [0.25, 0.3) is 11.0 Å². The average molecular weight is 217 g/mol. The molecule has 1 N–H and O–H groups in total. The second-order valence-electron chi connectivity index (χ2n) is 4.30. The van der Waals surface area contributed by atoms with Gasteiger partial charge in [-0.05, 0) is 25.9 Å². The first kappa shape index (κ1) is 9.72. The van der Waals surface area contributed by atoms with Crippen molar-refractivity contribution < 1.29 is 0 Å². The minimum atomic E-state index is 0.501. The third kappa shape index (κ3) is 1.57. The molecule has 16 heavy (non-hydrogen) atoms. The number of nitrogens with zero attached hydrogens (tertiary/aromatic N) is 4. The molecule has 0 saturated carbocycles. The Hall–Kier alpha value is -1.49. The average Bonchev–Trinajstić information content (AvgIpc) is 2.72. The van der Waals surface area contributed by atoms with Crippen LogP contribution in [0.15, 0.2) is 12.4 Å². The molecule has 1 saturated heterocycles. The summed E-state index contributed by atoms with van der Waals surface area (Å²) in [5.41, 5.74) is 0.934. The lowest BCUT2D eigenvalue weighted by molar-refractivity contribution is 0.445. The molecule has 0 amide bonds. The van der Waals surface area contributed by atoms with Gasteiger partial charge in [-0.2, -0.15) is 5.10 Å². The van der Waals surface area contributed by atoms with Crippen LogP contribution in [0, 0.1) is 0 Å². The molecule has 3 rings (SSSR count). The summed E-state index contributed by atoms with van der Waals surface area (Å²) in [5, 5.41) is 8.55. The molecular formula is C11H15N5. The molecule has 5 nitrogen and oxygen atoms in total. The van der Waals surface area contributed by atoms with Gasteiger partial charge in [-0.25, -0.2) is 9.97 Å². The lowest BCUT2D eigenvalue weighted by atomic mass is 9.97. The van der Waals surface area contributed by atoms with Gasteiger partial charge in [0.1, 0.15) is 5.82 Å². The highest BCUT2D eigenvalue weighted by molar-refractivity contribution is 5.73. The van der Waals surface area contributed by atoms with Crippen molar-refractivity contribution in [3.8, 4) is 0 Å². The number of hydrogen-bond acceptors (Lipinski definition) is 4. The molecule has 1 aliphatic rings. The Morgan fingerprint density at radius 3 is 2.94 bits per heavy atom. The molecule has 0 aromatic carbocycles. The van der Waals surface area contributed by atoms with Crippen molar-refractivity contribution >= 4 is 11.0 Å². The van der Waals surface area contributed by atoms with Crippen LogP contribution in [-0.4, -0.2) is 32.8 Å². The topological polar surface area (TPSA) is 55.6 Å². The zero-order chi connectivity index (χ0) is 11.0. The fraction of sp³-hybridized carbons (Fsp3) is 0.545. The zero-order valence-electron chi connectivity index (χ0n) is 9.35. The molecule has 1 aliphatic heterocycles. The van der Waals surface area contributed by atoms with Gasteiger partial charge in [-0.15, -0.1) is 0 Å². The Morgan fingerprint density at radius 2 is 2.12 bits per heavy atom. The maximum atomic E-state index is 4.62. The van der Waals surface area contributed by atoms with E-state index in [1.165, 1.54) is 0 Å². The van der Waals surface area contributed by atoms with Crippen LogP contribution in [-0.2, 0) is 7.05 Å². The first-order valence-electron chi connectivity index (χ1n) is 5.70. The van der Waals surface area contributed by atoms with Gasteiger partial charge in [0.05, 0.1) is 11.6 Å². The van der Waals surface area contributed by atoms with Crippen LogP contribution >= 0.6 is 0 Å². The number of aryl methyl sites for hydroxylation is 1. The highest BCUT2D eigenvalue weighted by atomic mass is 15.3. The predicted octanol–water partition coefficient (Wildman–Crippen LogP) is 0.830. The molecule has 5 heteroatoms. The van der Waals surface area contributed by atoms with Gasteiger partial charge in [-0.1, -0.05) is 0 Å². The molecule has 0 bridgehead atoms. The molecule has 0 atom stereocenters. The largest absolute Gasteiger partial charge is 0.317 e. The highest BCUT2D eigenvalue weighted by Crippen LogP contribution is 2.23. The summed E-state index contributed by atoms with van der Waals surface area (Å²) in [6.45, 7) is 2.13. The van der Waals surface area contributed by atoms with E-state index in [1.54, 1.807) is 0 Å². The van der Waals surface area contributed by atoms with E-state index < -0.39 is 0 Å². The third-order valence-corrected chi connectivity index (χ3v) is 3.20. The van der Waals surface area contributed by atoms with Crippen LogP contribution in [0.3, 0.4) is 0 Å². The predicted molar refractivity (Wildman–Crippen MR) is 61.1 cm³/mol. The van der Waals surface area contributed by atoms with Gasteiger partial charge in [0.2, 0.25) is 0 Å². The second-order valence-corrected chi connectivity index (χ2v) is 4.30. The van der Waals surface area contributed by atoms with Crippen molar-refractivity contribution in [2.24, 2.45) is 7.05 Å². The maximum absolute atomic E-state index is 4.62. The lowest BCUT2D eigenvalue weighted by Gasteiger charge is -2.21. The van der Waals surface area contributed by atoms with Gasteiger partial charge < -0.3 is 5.32 Å². The summed E-state index contributed by atoms with van der Waals surface area (Å²) in [7, 11) is 1.92. The highest BCUT2D eigenvalue weighted by Gasteiger charge is 2.18. The van der Waals surface area contributed by atoms with Crippen molar-refractivity contribution in [1.29, 1.82) is 0 Å². The first-order chi connectivity index (χ1) is 7.84. The first-order valence-corrected chi connectivity index (χ1v) is 5.70. The summed E-state index contributed by atoms with van der Waals surface area (Å²) < 4.78 is 1.81. The number of rotatable bonds is 1. The molecule has 1 fully saturated rings. The standard InChI is InChI=1S/C11H15N5/c1-16-11-9(7-14-16)6-13-10(15-11)8-2-4-12-5-3-8/h6-8,12H,2-5H2,1H3. The number of hydrogen-bond donors (Lipinski definition) is 1. The van der Waals surface area contributed by atoms with Gasteiger partial charge in [0.15, 0.2) is 5.65 Å².